The lowest BCUT2D eigenvalue weighted by Gasteiger charge is -2.21. The molecule has 0 aromatic heterocycles. The van der Waals surface area contributed by atoms with Crippen molar-refractivity contribution in [3.8, 4) is 17.2 Å². The van der Waals surface area contributed by atoms with E-state index in [9.17, 15) is 5.26 Å². The maximum absolute atomic E-state index is 9.66. The number of nitrogens with zero attached hydrogens (tertiary/aromatic N) is 2. The molecule has 0 heterocycles. The Labute approximate surface area is 156 Å². The normalized spacial score (nSPS) is 17.3. The lowest BCUT2D eigenvalue weighted by Crippen LogP contribution is -2.10. The summed E-state index contributed by atoms with van der Waals surface area (Å²) in [5.74, 6) is 0.878. The Balaban J connectivity index is 1.51. The van der Waals surface area contributed by atoms with Crippen LogP contribution in [0.5, 0.6) is 0 Å². The Morgan fingerprint density at radius 2 is 1.46 bits per heavy atom. The third-order valence-electron chi connectivity index (χ3n) is 5.90. The average molecular weight is 342 g/mol. The lowest BCUT2D eigenvalue weighted by molar-refractivity contribution is 0.328. The van der Waals surface area contributed by atoms with E-state index in [0.29, 0.717) is 0 Å². The summed E-state index contributed by atoms with van der Waals surface area (Å²) in [6, 6.07) is 19.0. The van der Waals surface area contributed by atoms with Gasteiger partial charge in [-0.3, -0.25) is 4.99 Å². The zero-order chi connectivity index (χ0) is 17.8. The van der Waals surface area contributed by atoms with Crippen LogP contribution in [0.2, 0.25) is 0 Å². The van der Waals surface area contributed by atoms with Gasteiger partial charge in [-0.25, -0.2) is 0 Å². The molecule has 2 aliphatic rings. The maximum Gasteiger partial charge on any atom is 0.137 e. The number of fused-ring (bicyclic) bond motifs is 3. The Morgan fingerprint density at radius 1 is 0.885 bits per heavy atom. The predicted molar refractivity (Wildman–Crippen MR) is 107 cm³/mol. The van der Waals surface area contributed by atoms with Gasteiger partial charge in [0.1, 0.15) is 6.04 Å². The molecule has 2 aromatic carbocycles. The number of aliphatic imine (C=N–C) groups is 1. The number of benzene rings is 2. The van der Waals surface area contributed by atoms with Gasteiger partial charge in [0.25, 0.3) is 0 Å². The van der Waals surface area contributed by atoms with Gasteiger partial charge in [0, 0.05) is 11.1 Å². The van der Waals surface area contributed by atoms with Crippen LogP contribution in [0.15, 0.2) is 53.5 Å². The number of rotatable bonds is 5. The van der Waals surface area contributed by atoms with Crippen molar-refractivity contribution in [2.24, 2.45) is 10.9 Å². The van der Waals surface area contributed by atoms with Crippen LogP contribution in [0.25, 0.3) is 11.1 Å². The zero-order valence-electron chi connectivity index (χ0n) is 15.3. The molecule has 0 N–H and O–H groups in total. The van der Waals surface area contributed by atoms with E-state index in [1.165, 1.54) is 60.8 Å². The molecule has 0 saturated heterocycles. The van der Waals surface area contributed by atoms with Crippen molar-refractivity contribution >= 4 is 5.71 Å². The van der Waals surface area contributed by atoms with Gasteiger partial charge in [0.2, 0.25) is 0 Å². The molecule has 0 bridgehead atoms. The number of nitriles is 1. The predicted octanol–water partition coefficient (Wildman–Crippen LogP) is 6.15. The van der Waals surface area contributed by atoms with E-state index in [4.69, 9.17) is 4.99 Å². The number of hydrogen-bond acceptors (Lipinski definition) is 2. The minimum absolute atomic E-state index is 0.243. The molecule has 0 radical (unpaired) electrons. The van der Waals surface area contributed by atoms with Crippen LogP contribution >= 0.6 is 0 Å². The van der Waals surface area contributed by atoms with Gasteiger partial charge in [0.15, 0.2) is 0 Å². The second-order valence-corrected chi connectivity index (χ2v) is 7.65. The van der Waals surface area contributed by atoms with Crippen LogP contribution in [0.1, 0.15) is 62.5 Å². The first kappa shape index (κ1) is 17.0. The molecule has 2 aliphatic carbocycles. The van der Waals surface area contributed by atoms with E-state index in [-0.39, 0.29) is 6.04 Å². The van der Waals surface area contributed by atoms with Crippen molar-refractivity contribution in [1.82, 2.24) is 0 Å². The topological polar surface area (TPSA) is 36.1 Å². The molecule has 1 fully saturated rings. The summed E-state index contributed by atoms with van der Waals surface area (Å²) in [7, 11) is 0. The van der Waals surface area contributed by atoms with Crippen molar-refractivity contribution in [2.45, 2.75) is 57.4 Å². The molecule has 2 nitrogen and oxygen atoms in total. The SMILES string of the molecule is N#CC(CCCC1CCCCC1)N=C1c2ccccc2-c2ccccc21. The minimum Gasteiger partial charge on any atom is -0.266 e. The van der Waals surface area contributed by atoms with E-state index >= 15 is 0 Å². The molecule has 4 rings (SSSR count). The second kappa shape index (κ2) is 7.87. The summed E-state index contributed by atoms with van der Waals surface area (Å²) in [6.45, 7) is 0. The van der Waals surface area contributed by atoms with Gasteiger partial charge in [0.05, 0.1) is 11.8 Å². The highest BCUT2D eigenvalue weighted by molar-refractivity contribution is 6.24. The highest BCUT2D eigenvalue weighted by atomic mass is 14.8. The summed E-state index contributed by atoms with van der Waals surface area (Å²) in [6.07, 6.45) is 10.2. The van der Waals surface area contributed by atoms with Crippen molar-refractivity contribution in [2.75, 3.05) is 0 Å². The van der Waals surface area contributed by atoms with Crippen molar-refractivity contribution in [3.05, 3.63) is 59.7 Å². The fourth-order valence-corrected chi connectivity index (χ4v) is 4.52. The first-order chi connectivity index (χ1) is 12.9. The van der Waals surface area contributed by atoms with Gasteiger partial charge in [-0.05, 0) is 29.9 Å². The molecule has 1 atom stereocenters. The fourth-order valence-electron chi connectivity index (χ4n) is 4.52. The summed E-state index contributed by atoms with van der Waals surface area (Å²) >= 11 is 0. The van der Waals surface area contributed by atoms with Crippen molar-refractivity contribution in [1.29, 1.82) is 5.26 Å². The van der Waals surface area contributed by atoms with E-state index < -0.39 is 0 Å². The maximum atomic E-state index is 9.66. The molecule has 1 unspecified atom stereocenters. The van der Waals surface area contributed by atoms with Gasteiger partial charge < -0.3 is 0 Å². The van der Waals surface area contributed by atoms with Gasteiger partial charge in [-0.15, -0.1) is 0 Å². The molecule has 26 heavy (non-hydrogen) atoms. The molecule has 0 aliphatic heterocycles. The Kier molecular flexibility index (Phi) is 5.16. The molecule has 1 saturated carbocycles. The van der Waals surface area contributed by atoms with Crippen LogP contribution in [0.4, 0.5) is 0 Å². The molecular formula is C24H26N2. The lowest BCUT2D eigenvalue weighted by atomic mass is 9.85. The largest absolute Gasteiger partial charge is 0.266 e. The molecule has 0 spiro atoms. The van der Waals surface area contributed by atoms with Crippen molar-refractivity contribution < 1.29 is 0 Å². The summed E-state index contributed by atoms with van der Waals surface area (Å²) in [5.41, 5.74) is 5.81. The first-order valence-corrected chi connectivity index (χ1v) is 10.0. The minimum atomic E-state index is -0.243. The van der Waals surface area contributed by atoms with Crippen LogP contribution < -0.4 is 0 Å². The second-order valence-electron chi connectivity index (χ2n) is 7.65. The van der Waals surface area contributed by atoms with Crippen LogP contribution in [0.3, 0.4) is 0 Å². The van der Waals surface area contributed by atoms with Gasteiger partial charge in [-0.2, -0.15) is 5.26 Å². The zero-order valence-corrected chi connectivity index (χ0v) is 15.3. The summed E-state index contributed by atoms with van der Waals surface area (Å²) in [5, 5.41) is 9.66. The standard InChI is InChI=1S/C24H26N2/c25-17-19(12-8-11-18-9-2-1-3-10-18)26-24-22-15-6-4-13-20(22)21-14-5-7-16-23(21)24/h4-7,13-16,18-19H,1-3,8-12H2. The van der Waals surface area contributed by atoms with Gasteiger partial charge >= 0.3 is 0 Å². The fraction of sp³-hybridized carbons (Fsp3) is 0.417. The average Bonchev–Trinajstić information content (AvgIpc) is 3.02. The third kappa shape index (κ3) is 3.44. The third-order valence-corrected chi connectivity index (χ3v) is 5.90. The summed E-state index contributed by atoms with van der Waals surface area (Å²) in [4.78, 5) is 4.91. The van der Waals surface area contributed by atoms with Crippen LogP contribution in [-0.2, 0) is 0 Å². The number of hydrogen-bond donors (Lipinski definition) is 0. The highest BCUT2D eigenvalue weighted by Crippen LogP contribution is 2.37. The monoisotopic (exact) mass is 342 g/mol. The molecule has 2 aromatic rings. The van der Waals surface area contributed by atoms with Crippen LogP contribution in [-0.4, -0.2) is 11.8 Å². The van der Waals surface area contributed by atoms with E-state index in [1.54, 1.807) is 0 Å². The Hall–Kier alpha value is -2.40. The van der Waals surface area contributed by atoms with Crippen molar-refractivity contribution in [3.63, 3.8) is 0 Å². The smallest absolute Gasteiger partial charge is 0.137 e. The Morgan fingerprint density at radius 3 is 2.04 bits per heavy atom. The molecule has 2 heteroatoms. The summed E-state index contributed by atoms with van der Waals surface area (Å²) < 4.78 is 0. The van der Waals surface area contributed by atoms with E-state index in [2.05, 4.69) is 54.6 Å². The Bertz CT molecular complexity index is 790. The van der Waals surface area contributed by atoms with E-state index in [0.717, 1.165) is 24.5 Å². The van der Waals surface area contributed by atoms with Crippen LogP contribution in [0, 0.1) is 17.2 Å². The van der Waals surface area contributed by atoms with E-state index in [1.807, 2.05) is 0 Å². The quantitative estimate of drug-likeness (QED) is 0.548. The molecular weight excluding hydrogens is 316 g/mol. The highest BCUT2D eigenvalue weighted by Gasteiger charge is 2.25. The van der Waals surface area contributed by atoms with Gasteiger partial charge in [-0.1, -0.05) is 87.1 Å². The molecule has 0 amide bonds. The first-order valence-electron chi connectivity index (χ1n) is 10.0. The molecule has 132 valence electrons.